The monoisotopic (exact) mass is 308 g/mol. The summed E-state index contributed by atoms with van der Waals surface area (Å²) >= 11 is 1.74. The van der Waals surface area contributed by atoms with Gasteiger partial charge < -0.3 is 5.11 Å². The summed E-state index contributed by atoms with van der Waals surface area (Å²) in [5.41, 5.74) is 0. The van der Waals surface area contributed by atoms with Crippen LogP contribution in [0, 0.1) is 0 Å². The van der Waals surface area contributed by atoms with Crippen LogP contribution in [-0.4, -0.2) is 64.8 Å². The molecule has 0 radical (unpaired) electrons. The largest absolute Gasteiger partial charge is 0.480 e. The molecule has 8 heteroatoms. The van der Waals surface area contributed by atoms with Crippen molar-refractivity contribution < 1.29 is 18.3 Å². The highest BCUT2D eigenvalue weighted by atomic mass is 32.2. The van der Waals surface area contributed by atoms with E-state index in [9.17, 15) is 18.3 Å². The number of nitrogens with zero attached hydrogens (tertiary/aromatic N) is 2. The van der Waals surface area contributed by atoms with Crippen molar-refractivity contribution in [3.63, 3.8) is 0 Å². The van der Waals surface area contributed by atoms with Crippen molar-refractivity contribution >= 4 is 27.9 Å². The first-order chi connectivity index (χ1) is 8.94. The number of hydrogen-bond acceptors (Lipinski definition) is 4. The van der Waals surface area contributed by atoms with Crippen molar-refractivity contribution in [2.45, 2.75) is 38.3 Å². The van der Waals surface area contributed by atoms with E-state index in [-0.39, 0.29) is 6.04 Å². The molecule has 0 bridgehead atoms. The first-order valence-corrected chi connectivity index (χ1v) is 9.09. The zero-order chi connectivity index (χ0) is 14.0. The summed E-state index contributed by atoms with van der Waals surface area (Å²) in [6, 6.07) is -0.972. The first-order valence-electron chi connectivity index (χ1n) is 6.53. The van der Waals surface area contributed by atoms with Gasteiger partial charge in [0.25, 0.3) is 10.2 Å². The lowest BCUT2D eigenvalue weighted by Gasteiger charge is -2.39. The Morgan fingerprint density at radius 1 is 1.26 bits per heavy atom. The minimum absolute atomic E-state index is 0.0693. The molecule has 2 aliphatic rings. The fourth-order valence-corrected chi connectivity index (χ4v) is 5.84. The van der Waals surface area contributed by atoms with E-state index in [1.165, 1.54) is 8.61 Å². The molecule has 0 aliphatic carbocycles. The van der Waals surface area contributed by atoms with Crippen LogP contribution in [0.25, 0.3) is 0 Å². The van der Waals surface area contributed by atoms with Gasteiger partial charge in [0.15, 0.2) is 0 Å². The van der Waals surface area contributed by atoms with Crippen LogP contribution in [0.4, 0.5) is 0 Å². The molecule has 2 fully saturated rings. The van der Waals surface area contributed by atoms with Crippen LogP contribution in [-0.2, 0) is 15.0 Å². The second kappa shape index (κ2) is 5.99. The van der Waals surface area contributed by atoms with Crippen molar-refractivity contribution in [1.82, 2.24) is 8.61 Å². The Kier molecular flexibility index (Phi) is 4.75. The third-order valence-electron chi connectivity index (χ3n) is 3.64. The lowest BCUT2D eigenvalue weighted by Crippen LogP contribution is -2.56. The number of carbonyl (C=O) groups is 1. The fourth-order valence-electron chi connectivity index (χ4n) is 2.62. The SMILES string of the molecule is CC1CSCCN1S(=O)(=O)N1CCCCC1C(=O)O. The molecular formula is C11H20N2O4S2. The molecule has 19 heavy (non-hydrogen) atoms. The third kappa shape index (κ3) is 3.07. The van der Waals surface area contributed by atoms with E-state index in [0.717, 1.165) is 24.3 Å². The van der Waals surface area contributed by atoms with Crippen LogP contribution in [0.1, 0.15) is 26.2 Å². The Morgan fingerprint density at radius 3 is 2.63 bits per heavy atom. The molecule has 1 N–H and O–H groups in total. The standard InChI is InChI=1S/C11H20N2O4S2/c1-9-8-18-7-6-12(9)19(16,17)13-5-3-2-4-10(13)11(14)15/h9-10H,2-8H2,1H3,(H,14,15). The summed E-state index contributed by atoms with van der Waals surface area (Å²) in [7, 11) is -3.66. The highest BCUT2D eigenvalue weighted by molar-refractivity contribution is 7.99. The molecule has 2 aliphatic heterocycles. The number of aliphatic carboxylic acids is 1. The van der Waals surface area contributed by atoms with Gasteiger partial charge in [-0.05, 0) is 26.2 Å². The van der Waals surface area contributed by atoms with Crippen molar-refractivity contribution in [2.24, 2.45) is 0 Å². The molecule has 2 atom stereocenters. The molecule has 110 valence electrons. The van der Waals surface area contributed by atoms with Gasteiger partial charge in [-0.1, -0.05) is 0 Å². The van der Waals surface area contributed by atoms with Gasteiger partial charge in [0.05, 0.1) is 0 Å². The Hall–Kier alpha value is -0.310. The van der Waals surface area contributed by atoms with Crippen molar-refractivity contribution in [3.05, 3.63) is 0 Å². The zero-order valence-corrected chi connectivity index (χ0v) is 12.6. The molecule has 0 saturated carbocycles. The number of thioether (sulfide) groups is 1. The molecule has 0 aromatic heterocycles. The summed E-state index contributed by atoms with van der Waals surface area (Å²) in [5.74, 6) is 0.502. The lowest BCUT2D eigenvalue weighted by molar-refractivity contribution is -0.142. The van der Waals surface area contributed by atoms with Gasteiger partial charge >= 0.3 is 5.97 Å². The van der Waals surface area contributed by atoms with Crippen LogP contribution in [0.3, 0.4) is 0 Å². The molecule has 0 aromatic rings. The molecule has 2 saturated heterocycles. The maximum absolute atomic E-state index is 12.6. The van der Waals surface area contributed by atoms with E-state index in [0.29, 0.717) is 19.5 Å². The van der Waals surface area contributed by atoms with E-state index in [4.69, 9.17) is 0 Å². The van der Waals surface area contributed by atoms with E-state index in [1.54, 1.807) is 11.8 Å². The van der Waals surface area contributed by atoms with E-state index >= 15 is 0 Å². The topological polar surface area (TPSA) is 77.9 Å². The summed E-state index contributed by atoms with van der Waals surface area (Å²) in [4.78, 5) is 11.2. The third-order valence-corrected chi connectivity index (χ3v) is 6.99. The number of carboxylic acids is 1. The van der Waals surface area contributed by atoms with Gasteiger partial charge in [0, 0.05) is 30.6 Å². The van der Waals surface area contributed by atoms with E-state index in [2.05, 4.69) is 0 Å². The van der Waals surface area contributed by atoms with Gasteiger partial charge in [0.2, 0.25) is 0 Å². The number of hydrogen-bond donors (Lipinski definition) is 1. The first kappa shape index (κ1) is 15.1. The Balaban J connectivity index is 2.23. The smallest absolute Gasteiger partial charge is 0.322 e. The summed E-state index contributed by atoms with van der Waals surface area (Å²) < 4.78 is 27.9. The van der Waals surface area contributed by atoms with Crippen LogP contribution >= 0.6 is 11.8 Å². The predicted octanol–water partition coefficient (Wildman–Crippen LogP) is 0.608. The normalized spacial score (nSPS) is 31.2. The fraction of sp³-hybridized carbons (Fsp3) is 0.909. The van der Waals surface area contributed by atoms with Crippen LogP contribution in [0.5, 0.6) is 0 Å². The van der Waals surface area contributed by atoms with Gasteiger partial charge in [-0.25, -0.2) is 0 Å². The van der Waals surface area contributed by atoms with Crippen molar-refractivity contribution in [1.29, 1.82) is 0 Å². The molecule has 0 amide bonds. The van der Waals surface area contributed by atoms with Gasteiger partial charge in [-0.3, -0.25) is 4.79 Å². The van der Waals surface area contributed by atoms with E-state index < -0.39 is 22.2 Å². The average Bonchev–Trinajstić information content (AvgIpc) is 2.39. The van der Waals surface area contributed by atoms with Gasteiger partial charge in [-0.15, -0.1) is 0 Å². The molecule has 0 aromatic carbocycles. The Bertz CT molecular complexity index is 440. The molecule has 2 heterocycles. The number of piperidine rings is 1. The molecular weight excluding hydrogens is 288 g/mol. The maximum Gasteiger partial charge on any atom is 0.322 e. The Labute approximate surface area is 118 Å². The van der Waals surface area contributed by atoms with E-state index in [1.807, 2.05) is 6.92 Å². The van der Waals surface area contributed by atoms with Crippen LogP contribution in [0.15, 0.2) is 0 Å². The molecule has 2 rings (SSSR count). The second-order valence-electron chi connectivity index (χ2n) is 5.00. The predicted molar refractivity (Wildman–Crippen MR) is 74.4 cm³/mol. The minimum Gasteiger partial charge on any atom is -0.480 e. The van der Waals surface area contributed by atoms with Crippen molar-refractivity contribution in [3.8, 4) is 0 Å². The summed E-state index contributed by atoms with van der Waals surface area (Å²) in [6.45, 7) is 2.66. The van der Waals surface area contributed by atoms with Gasteiger partial charge in [-0.2, -0.15) is 28.8 Å². The summed E-state index contributed by atoms with van der Waals surface area (Å²) in [5, 5.41) is 9.21. The maximum atomic E-state index is 12.6. The number of carboxylic acid groups (broad SMARTS) is 1. The molecule has 2 unspecified atom stereocenters. The Morgan fingerprint density at radius 2 is 2.00 bits per heavy atom. The van der Waals surface area contributed by atoms with Crippen LogP contribution in [0.2, 0.25) is 0 Å². The van der Waals surface area contributed by atoms with Crippen LogP contribution < -0.4 is 0 Å². The highest BCUT2D eigenvalue weighted by Gasteiger charge is 2.42. The number of rotatable bonds is 3. The lowest BCUT2D eigenvalue weighted by atomic mass is 10.1. The molecule has 6 nitrogen and oxygen atoms in total. The quantitative estimate of drug-likeness (QED) is 0.826. The highest BCUT2D eigenvalue weighted by Crippen LogP contribution is 2.27. The molecule has 0 spiro atoms. The summed E-state index contributed by atoms with van der Waals surface area (Å²) in [6.07, 6.45) is 1.92. The van der Waals surface area contributed by atoms with Gasteiger partial charge in [0.1, 0.15) is 6.04 Å². The second-order valence-corrected chi connectivity index (χ2v) is 7.99. The zero-order valence-electron chi connectivity index (χ0n) is 11.0. The average molecular weight is 308 g/mol. The van der Waals surface area contributed by atoms with Crippen molar-refractivity contribution in [2.75, 3.05) is 24.6 Å². The minimum atomic E-state index is -3.66.